The summed E-state index contributed by atoms with van der Waals surface area (Å²) in [6.07, 6.45) is 3.22. The molecule has 0 amide bonds. The maximum absolute atomic E-state index is 12.2. The van der Waals surface area contributed by atoms with E-state index in [1.165, 1.54) is 17.2 Å². The molecule has 0 spiro atoms. The second-order valence-electron chi connectivity index (χ2n) is 6.65. The molecule has 0 radical (unpaired) electrons. The van der Waals surface area contributed by atoms with Crippen molar-refractivity contribution in [1.29, 1.82) is 0 Å². The third kappa shape index (κ3) is 6.68. The molecule has 0 aliphatic heterocycles. The lowest BCUT2D eigenvalue weighted by Gasteiger charge is -2.27. The first-order chi connectivity index (χ1) is 11.5. The van der Waals surface area contributed by atoms with Crippen LogP contribution >= 0.6 is 0 Å². The first kappa shape index (κ1) is 19.0. The Morgan fingerprint density at radius 2 is 1.75 bits per heavy atom. The Morgan fingerprint density at radius 1 is 1.08 bits per heavy atom. The lowest BCUT2D eigenvalue weighted by atomic mass is 9.78. The van der Waals surface area contributed by atoms with Crippen molar-refractivity contribution >= 4 is 0 Å². The molecule has 0 atom stereocenters. The van der Waals surface area contributed by atoms with Crippen molar-refractivity contribution in [3.05, 3.63) is 47.5 Å². The summed E-state index contributed by atoms with van der Waals surface area (Å²) in [7, 11) is 0. The Labute approximate surface area is 142 Å². The molecule has 0 bridgehead atoms. The highest BCUT2D eigenvalue weighted by molar-refractivity contribution is 5.25. The summed E-state index contributed by atoms with van der Waals surface area (Å²) in [6.45, 7) is 3.54. The van der Waals surface area contributed by atoms with Gasteiger partial charge in [-0.1, -0.05) is 43.3 Å². The van der Waals surface area contributed by atoms with Crippen LogP contribution in [0.1, 0.15) is 62.5 Å². The molecule has 1 nitrogen and oxygen atoms in total. The minimum Gasteiger partial charge on any atom is -0.377 e. The number of allylic oxidation sites excluding steroid dienone is 2. The molecule has 0 saturated heterocycles. The van der Waals surface area contributed by atoms with Crippen molar-refractivity contribution in [3.63, 3.8) is 0 Å². The van der Waals surface area contributed by atoms with Gasteiger partial charge in [-0.15, -0.1) is 0 Å². The summed E-state index contributed by atoms with van der Waals surface area (Å²) in [4.78, 5) is 0. The molecule has 4 heteroatoms. The third-order valence-corrected chi connectivity index (χ3v) is 4.60. The van der Waals surface area contributed by atoms with Crippen molar-refractivity contribution in [2.75, 3.05) is 6.61 Å². The molecule has 1 aliphatic rings. The van der Waals surface area contributed by atoms with E-state index in [1.54, 1.807) is 6.08 Å². The van der Waals surface area contributed by atoms with Gasteiger partial charge in [0.05, 0.1) is 13.0 Å². The Balaban J connectivity index is 1.77. The van der Waals surface area contributed by atoms with Crippen LogP contribution in [-0.4, -0.2) is 12.8 Å². The number of ether oxygens (including phenoxy) is 1. The third-order valence-electron chi connectivity index (χ3n) is 4.60. The number of rotatable bonds is 7. The molecule has 0 N–H and O–H groups in total. The number of benzene rings is 1. The zero-order chi connectivity index (χ0) is 17.4. The molecule has 0 aromatic heterocycles. The Hall–Kier alpha value is -1.29. The molecule has 1 aromatic carbocycles. The van der Waals surface area contributed by atoms with Crippen molar-refractivity contribution in [2.24, 2.45) is 5.92 Å². The van der Waals surface area contributed by atoms with Gasteiger partial charge in [0.2, 0.25) is 0 Å². The van der Waals surface area contributed by atoms with Crippen LogP contribution in [0.25, 0.3) is 0 Å². The summed E-state index contributed by atoms with van der Waals surface area (Å²) in [5.74, 6) is 0.827. The van der Waals surface area contributed by atoms with Gasteiger partial charge in [-0.3, -0.25) is 0 Å². The highest BCUT2D eigenvalue weighted by Gasteiger charge is 2.25. The maximum Gasteiger partial charge on any atom is 0.392 e. The fourth-order valence-electron chi connectivity index (χ4n) is 3.26. The van der Waals surface area contributed by atoms with Crippen molar-refractivity contribution < 1.29 is 17.9 Å². The minimum absolute atomic E-state index is 0.297. The minimum atomic E-state index is -4.09. The van der Waals surface area contributed by atoms with Crippen LogP contribution < -0.4 is 0 Å². The molecule has 0 heterocycles. The van der Waals surface area contributed by atoms with Gasteiger partial charge < -0.3 is 4.74 Å². The topological polar surface area (TPSA) is 9.23 Å². The molecule has 1 aromatic rings. The second-order valence-corrected chi connectivity index (χ2v) is 6.65. The van der Waals surface area contributed by atoms with Gasteiger partial charge in [-0.25, -0.2) is 0 Å². The van der Waals surface area contributed by atoms with E-state index in [0.717, 1.165) is 38.7 Å². The van der Waals surface area contributed by atoms with E-state index in [9.17, 15) is 13.2 Å². The quantitative estimate of drug-likeness (QED) is 0.412. The van der Waals surface area contributed by atoms with Crippen LogP contribution in [0.5, 0.6) is 0 Å². The van der Waals surface area contributed by atoms with Crippen molar-refractivity contribution in [3.8, 4) is 0 Å². The molecule has 2 rings (SSSR count). The average Bonchev–Trinajstić information content (AvgIpc) is 2.55. The predicted octanol–water partition coefficient (Wildman–Crippen LogP) is 6.40. The molecule has 0 unspecified atom stereocenters. The Bertz CT molecular complexity index is 497. The standard InChI is InChI=1S/C20H27F3O/c1-2-14-24-15-17-7-11-19(12-8-17)18-9-5-16(6-10-18)4-3-13-20(21,22)23/h3-4,7-8,11-12,16,18H,2,5-6,9-10,13-15H2,1H3. The van der Waals surface area contributed by atoms with Crippen LogP contribution in [0.3, 0.4) is 0 Å². The lowest BCUT2D eigenvalue weighted by molar-refractivity contribution is -0.125. The fourth-order valence-corrected chi connectivity index (χ4v) is 3.26. The molecule has 134 valence electrons. The van der Waals surface area contributed by atoms with E-state index in [2.05, 4.69) is 31.2 Å². The number of hydrogen-bond donors (Lipinski definition) is 0. The highest BCUT2D eigenvalue weighted by atomic mass is 19.4. The van der Waals surface area contributed by atoms with Crippen molar-refractivity contribution in [1.82, 2.24) is 0 Å². The highest BCUT2D eigenvalue weighted by Crippen LogP contribution is 2.36. The molecular formula is C20H27F3O. The first-order valence-corrected chi connectivity index (χ1v) is 8.88. The van der Waals surface area contributed by atoms with E-state index in [4.69, 9.17) is 4.74 Å². The van der Waals surface area contributed by atoms with Crippen LogP contribution in [0.15, 0.2) is 36.4 Å². The zero-order valence-corrected chi connectivity index (χ0v) is 14.3. The zero-order valence-electron chi connectivity index (χ0n) is 14.3. The number of alkyl halides is 3. The van der Waals surface area contributed by atoms with Gasteiger partial charge >= 0.3 is 6.18 Å². The monoisotopic (exact) mass is 340 g/mol. The maximum atomic E-state index is 12.2. The fraction of sp³-hybridized carbons (Fsp3) is 0.600. The number of hydrogen-bond acceptors (Lipinski definition) is 1. The molecule has 1 saturated carbocycles. The van der Waals surface area contributed by atoms with E-state index in [1.807, 2.05) is 0 Å². The average molecular weight is 340 g/mol. The normalized spacial score (nSPS) is 22.2. The van der Waals surface area contributed by atoms with Gasteiger partial charge in [0.1, 0.15) is 0 Å². The molecule has 1 aliphatic carbocycles. The first-order valence-electron chi connectivity index (χ1n) is 8.88. The van der Waals surface area contributed by atoms with Gasteiger partial charge in [0, 0.05) is 6.61 Å². The second kappa shape index (κ2) is 9.26. The summed E-state index contributed by atoms with van der Waals surface area (Å²) in [5.41, 5.74) is 2.53. The largest absolute Gasteiger partial charge is 0.392 e. The van der Waals surface area contributed by atoms with E-state index in [0.29, 0.717) is 18.4 Å². The molecule has 1 fully saturated rings. The van der Waals surface area contributed by atoms with Gasteiger partial charge in [0.15, 0.2) is 0 Å². The predicted molar refractivity (Wildman–Crippen MR) is 90.9 cm³/mol. The van der Waals surface area contributed by atoms with Gasteiger partial charge in [-0.05, 0) is 55.1 Å². The van der Waals surface area contributed by atoms with Crippen LogP contribution in [0.4, 0.5) is 13.2 Å². The SMILES string of the molecule is CCCOCc1ccc(C2CCC(C=CCC(F)(F)F)CC2)cc1. The van der Waals surface area contributed by atoms with E-state index in [-0.39, 0.29) is 0 Å². The van der Waals surface area contributed by atoms with Crippen LogP contribution in [0.2, 0.25) is 0 Å². The van der Waals surface area contributed by atoms with Crippen LogP contribution in [-0.2, 0) is 11.3 Å². The van der Waals surface area contributed by atoms with E-state index >= 15 is 0 Å². The molecule has 24 heavy (non-hydrogen) atoms. The van der Waals surface area contributed by atoms with Crippen molar-refractivity contribution in [2.45, 2.75) is 64.1 Å². The van der Waals surface area contributed by atoms with Gasteiger partial charge in [0.25, 0.3) is 0 Å². The summed E-state index contributed by atoms with van der Waals surface area (Å²) in [5, 5.41) is 0. The number of halogens is 3. The Kier molecular flexibility index (Phi) is 7.35. The van der Waals surface area contributed by atoms with Crippen LogP contribution in [0, 0.1) is 5.92 Å². The Morgan fingerprint density at radius 3 is 2.33 bits per heavy atom. The summed E-state index contributed by atoms with van der Waals surface area (Å²) in [6, 6.07) is 8.60. The smallest absolute Gasteiger partial charge is 0.377 e. The van der Waals surface area contributed by atoms with Gasteiger partial charge in [-0.2, -0.15) is 13.2 Å². The summed E-state index contributed by atoms with van der Waals surface area (Å²) >= 11 is 0. The molecular weight excluding hydrogens is 313 g/mol. The lowest BCUT2D eigenvalue weighted by Crippen LogP contribution is -2.12. The summed E-state index contributed by atoms with van der Waals surface area (Å²) < 4.78 is 42.0. The van der Waals surface area contributed by atoms with E-state index < -0.39 is 12.6 Å².